The Morgan fingerprint density at radius 1 is 0.603 bits per heavy atom. The number of rotatable bonds is 11. The molecule has 1 aliphatic heterocycles. The molecule has 0 bridgehead atoms. The Balaban J connectivity index is 2.95. The lowest BCUT2D eigenvalue weighted by Gasteiger charge is -2.39. The van der Waals surface area contributed by atoms with Gasteiger partial charge < -0.3 is 55.2 Å². The van der Waals surface area contributed by atoms with Gasteiger partial charge in [0.15, 0.2) is 0 Å². The summed E-state index contributed by atoms with van der Waals surface area (Å²) in [5.74, 6) is -7.78. The number of urea groups is 1. The van der Waals surface area contributed by atoms with Gasteiger partial charge in [0, 0.05) is 60.8 Å². The van der Waals surface area contributed by atoms with Gasteiger partial charge in [-0.1, -0.05) is 71.7 Å². The Hall–Kier alpha value is -5.87. The molecule has 4 N–H and O–H groups in total. The number of imide groups is 1. The number of likely N-dealkylation sites (N-methyl/N-ethyl adjacent to an activating group) is 7. The lowest BCUT2D eigenvalue weighted by molar-refractivity contribution is -0.153. The molecule has 0 aliphatic carbocycles. The average Bonchev–Trinajstić information content (AvgIpc) is 3.37. The Morgan fingerprint density at radius 2 is 1.12 bits per heavy atom. The van der Waals surface area contributed by atoms with E-state index in [2.05, 4.69) is 16.0 Å². The summed E-state index contributed by atoms with van der Waals surface area (Å²) in [5, 5.41) is 19.4. The summed E-state index contributed by atoms with van der Waals surface area (Å²) in [5.41, 5.74) is -0.279. The van der Waals surface area contributed by atoms with Crippen LogP contribution in [0.1, 0.15) is 115 Å². The third-order valence-corrected chi connectivity index (χ3v) is 14.7. The zero-order valence-corrected chi connectivity index (χ0v) is 50.6. The smallest absolute Gasteiger partial charge is 0.326 e. The van der Waals surface area contributed by atoms with Gasteiger partial charge in [0.25, 0.3) is 5.91 Å². The fourth-order valence-corrected chi connectivity index (χ4v) is 9.27. The number of halogens is 1. The van der Waals surface area contributed by atoms with Gasteiger partial charge in [0.1, 0.15) is 54.4 Å². The van der Waals surface area contributed by atoms with E-state index in [9.17, 15) is 53.1 Å². The lowest BCUT2D eigenvalue weighted by Crippen LogP contribution is -2.62. The van der Waals surface area contributed by atoms with E-state index in [1.165, 1.54) is 86.8 Å². The number of nitrogens with zero attached hydrogens (tertiary/aromatic N) is 7. The average molecular weight is 1120 g/mol. The Morgan fingerprint density at radius 3 is 1.60 bits per heavy atom. The van der Waals surface area contributed by atoms with Crippen LogP contribution in [0.2, 0.25) is 5.02 Å². The van der Waals surface area contributed by atoms with E-state index >= 15 is 0 Å². The number of ether oxygens (including phenoxy) is 1. The highest BCUT2D eigenvalue weighted by Crippen LogP contribution is 2.23. The first-order chi connectivity index (χ1) is 35.9. The first-order valence-corrected chi connectivity index (χ1v) is 27.1. The summed E-state index contributed by atoms with van der Waals surface area (Å²) in [4.78, 5) is 152. The van der Waals surface area contributed by atoms with Crippen molar-refractivity contribution in [1.82, 2.24) is 50.2 Å². The molecule has 1 aromatic carbocycles. The standard InChI is InChI=1S/C55H91ClN10O12/c1-21-32(6)44-47(70)58-39(29-78-55(11,12)13)45(68)57-33(7)48(71)60(14)34(8)49(72)63(17)42(28-37-23-22-24-38(56)27-37)52(75)66(20)54(77)64(18)40(25-30(2)3)46(69)59-43(36(10)67)53(76)61(15)35(9)50(73)62(16)41(26-31(4)5)51(74)65(44)19/h22-24,27,30-36,39-44,67H,21,25-26,28-29H2,1-20H3,(H,57,68)(H,58,70)(H,59,69)/t32-,33-,34-,35-,36+,39-,40-,41-,42-,43-,44-/m0/s1. The topological polar surface area (TPSA) is 259 Å². The highest BCUT2D eigenvalue weighted by atomic mass is 35.5. The number of aliphatic hydroxyl groups is 1. The molecule has 1 fully saturated rings. The minimum Gasteiger partial charge on any atom is -0.391 e. The molecule has 2 rings (SSSR count). The summed E-state index contributed by atoms with van der Waals surface area (Å²) in [6.07, 6.45) is -1.12. The van der Waals surface area contributed by atoms with E-state index in [0.717, 1.165) is 24.5 Å². The molecule has 1 aliphatic rings. The van der Waals surface area contributed by atoms with Gasteiger partial charge in [-0.2, -0.15) is 0 Å². The molecule has 0 unspecified atom stereocenters. The van der Waals surface area contributed by atoms with Gasteiger partial charge in [-0.15, -0.1) is 0 Å². The van der Waals surface area contributed by atoms with Crippen molar-refractivity contribution in [3.63, 3.8) is 0 Å². The predicted molar refractivity (Wildman–Crippen MR) is 296 cm³/mol. The zero-order chi connectivity index (χ0) is 60.2. The second kappa shape index (κ2) is 29.4. The molecule has 11 atom stereocenters. The van der Waals surface area contributed by atoms with Crippen LogP contribution in [-0.2, 0) is 54.3 Å². The van der Waals surface area contributed by atoms with Crippen LogP contribution < -0.4 is 16.0 Å². The largest absolute Gasteiger partial charge is 0.391 e. The van der Waals surface area contributed by atoms with Crippen molar-refractivity contribution in [3.05, 3.63) is 34.9 Å². The van der Waals surface area contributed by atoms with Gasteiger partial charge in [-0.05, 0) is 96.8 Å². The van der Waals surface area contributed by atoms with E-state index < -0.39 is 131 Å². The molecule has 78 heavy (non-hydrogen) atoms. The molecule has 0 radical (unpaired) electrons. The van der Waals surface area contributed by atoms with E-state index in [0.29, 0.717) is 17.0 Å². The first-order valence-electron chi connectivity index (χ1n) is 26.8. The van der Waals surface area contributed by atoms with Crippen molar-refractivity contribution in [1.29, 1.82) is 0 Å². The second-order valence-electron chi connectivity index (χ2n) is 22.8. The van der Waals surface area contributed by atoms with Gasteiger partial charge in [-0.25, -0.2) is 4.79 Å². The van der Waals surface area contributed by atoms with Crippen molar-refractivity contribution in [2.45, 2.75) is 182 Å². The quantitative estimate of drug-likeness (QED) is 0.250. The summed E-state index contributed by atoms with van der Waals surface area (Å²) in [6, 6.07) is -6.40. The number of carbonyl (C=O) groups is 10. The van der Waals surface area contributed by atoms with Crippen molar-refractivity contribution in [2.75, 3.05) is 55.9 Å². The van der Waals surface area contributed by atoms with Gasteiger partial charge >= 0.3 is 6.03 Å². The molecular weight excluding hydrogens is 1030 g/mol. The first kappa shape index (κ1) is 68.2. The lowest BCUT2D eigenvalue weighted by atomic mass is 9.94. The molecule has 1 heterocycles. The van der Waals surface area contributed by atoms with Gasteiger partial charge in [-0.3, -0.25) is 48.1 Å². The summed E-state index contributed by atoms with van der Waals surface area (Å²) < 4.78 is 6.00. The molecule has 0 aromatic heterocycles. The maximum absolute atomic E-state index is 14.8. The van der Waals surface area contributed by atoms with Crippen molar-refractivity contribution in [2.24, 2.45) is 17.8 Å². The zero-order valence-electron chi connectivity index (χ0n) is 49.8. The van der Waals surface area contributed by atoms with E-state index in [1.807, 2.05) is 20.8 Å². The van der Waals surface area contributed by atoms with Gasteiger partial charge in [0.2, 0.25) is 47.3 Å². The monoisotopic (exact) mass is 1120 g/mol. The number of amides is 11. The molecule has 1 saturated heterocycles. The van der Waals surface area contributed by atoms with Crippen molar-refractivity contribution in [3.8, 4) is 0 Å². The Labute approximate surface area is 467 Å². The van der Waals surface area contributed by atoms with Crippen molar-refractivity contribution >= 4 is 70.8 Å². The van der Waals surface area contributed by atoms with Crippen LogP contribution >= 0.6 is 11.6 Å². The molecule has 1 aromatic rings. The second-order valence-corrected chi connectivity index (χ2v) is 23.2. The molecule has 0 spiro atoms. The van der Waals surface area contributed by atoms with Crippen LogP contribution in [0.25, 0.3) is 0 Å². The van der Waals surface area contributed by atoms with E-state index in [4.69, 9.17) is 16.3 Å². The van der Waals surface area contributed by atoms with E-state index in [-0.39, 0.29) is 37.7 Å². The molecule has 0 saturated carbocycles. The Bertz CT molecular complexity index is 2310. The minimum absolute atomic E-state index is 0.0258. The molecule has 22 nitrogen and oxygen atoms in total. The normalized spacial score (nSPS) is 26.5. The van der Waals surface area contributed by atoms with Crippen LogP contribution in [-0.4, -0.2) is 221 Å². The molecule has 23 heteroatoms. The minimum atomic E-state index is -1.65. The number of benzene rings is 1. The number of hydrogen-bond donors (Lipinski definition) is 4. The summed E-state index contributed by atoms with van der Waals surface area (Å²) in [6.45, 7) is 21.3. The molecule has 11 amide bonds. The summed E-state index contributed by atoms with van der Waals surface area (Å²) >= 11 is 6.34. The highest BCUT2D eigenvalue weighted by Gasteiger charge is 2.44. The fraction of sp³-hybridized carbons (Fsp3) is 0.709. The SMILES string of the molecule is CC[C@H](C)[C@H]1C(=O)N[C@@H](COC(C)(C)C)C(=O)N[C@@H](C)C(=O)N(C)[C@@H](C)C(=O)N(C)[C@@H](Cc2cccc(Cl)c2)C(=O)N(C)C(=O)N(C)[C@@H](CC(C)C)C(=O)N[C@@H]([C@@H](C)O)C(=O)N(C)[C@@H](C)C(=O)N(C)[C@@H](CC(C)C)C(=O)N1C. The highest BCUT2D eigenvalue weighted by molar-refractivity contribution is 6.30. The fourth-order valence-electron chi connectivity index (χ4n) is 9.06. The van der Waals surface area contributed by atoms with Gasteiger partial charge in [0.05, 0.1) is 18.3 Å². The molecular formula is C55H91ClN10O12. The van der Waals surface area contributed by atoms with Crippen LogP contribution in [0, 0.1) is 17.8 Å². The third-order valence-electron chi connectivity index (χ3n) is 14.5. The third kappa shape index (κ3) is 18.1. The number of hydrogen-bond acceptors (Lipinski definition) is 12. The number of aliphatic hydroxyl groups excluding tert-OH is 1. The van der Waals surface area contributed by atoms with Crippen molar-refractivity contribution < 1.29 is 57.8 Å². The maximum Gasteiger partial charge on any atom is 0.326 e. The number of carbonyl (C=O) groups excluding carboxylic acids is 10. The van der Waals surface area contributed by atoms with Crippen LogP contribution in [0.5, 0.6) is 0 Å². The van der Waals surface area contributed by atoms with Crippen LogP contribution in [0.15, 0.2) is 24.3 Å². The van der Waals surface area contributed by atoms with Crippen LogP contribution in [0.4, 0.5) is 4.79 Å². The maximum atomic E-state index is 14.8. The molecule has 440 valence electrons. The number of nitrogens with one attached hydrogen (secondary N) is 3. The summed E-state index contributed by atoms with van der Waals surface area (Å²) in [7, 11) is 9.33. The Kier molecular flexibility index (Phi) is 25.7. The van der Waals surface area contributed by atoms with E-state index in [1.54, 1.807) is 65.8 Å². The predicted octanol–water partition coefficient (Wildman–Crippen LogP) is 2.76. The van der Waals surface area contributed by atoms with Crippen LogP contribution in [0.3, 0.4) is 0 Å².